The highest BCUT2D eigenvalue weighted by Crippen LogP contribution is 2.58. The number of methoxy groups -OCH3 is 1. The van der Waals surface area contributed by atoms with Gasteiger partial charge in [0.2, 0.25) is 0 Å². The number of carbonyl (C=O) groups is 1. The molecule has 1 aliphatic carbocycles. The van der Waals surface area contributed by atoms with Crippen LogP contribution in [0.15, 0.2) is 36.4 Å². The molecule has 1 saturated carbocycles. The summed E-state index contributed by atoms with van der Waals surface area (Å²) in [5, 5.41) is 10.8. The van der Waals surface area contributed by atoms with Gasteiger partial charge in [-0.3, -0.25) is 4.79 Å². The molecule has 4 rings (SSSR count). The van der Waals surface area contributed by atoms with E-state index in [0.717, 1.165) is 30.4 Å². The van der Waals surface area contributed by atoms with Gasteiger partial charge in [0, 0.05) is 18.1 Å². The second-order valence-electron chi connectivity index (χ2n) is 9.43. The molecule has 0 aromatic heterocycles. The zero-order chi connectivity index (χ0) is 21.5. The summed E-state index contributed by atoms with van der Waals surface area (Å²) in [6.07, 6.45) is 3.94. The maximum atomic E-state index is 13.3. The number of carbonyl (C=O) groups excluding carboxylic acids is 1. The Labute approximate surface area is 179 Å². The highest BCUT2D eigenvalue weighted by atomic mass is 16.5. The van der Waals surface area contributed by atoms with Crippen molar-refractivity contribution in [2.24, 2.45) is 11.8 Å². The van der Waals surface area contributed by atoms with E-state index in [0.29, 0.717) is 41.7 Å². The zero-order valence-corrected chi connectivity index (χ0v) is 18.4. The normalized spacial score (nSPS) is 24.8. The molecule has 2 bridgehead atoms. The lowest BCUT2D eigenvalue weighted by molar-refractivity contribution is -0.00940. The molecule has 0 unspecified atom stereocenters. The molecule has 0 saturated heterocycles. The fourth-order valence-electron chi connectivity index (χ4n) is 5.40. The van der Waals surface area contributed by atoms with Crippen molar-refractivity contribution in [2.45, 2.75) is 64.4 Å². The molecule has 4 heteroatoms. The lowest BCUT2D eigenvalue weighted by atomic mass is 9.64. The molecule has 0 spiro atoms. The van der Waals surface area contributed by atoms with Crippen LogP contribution in [0, 0.1) is 11.8 Å². The molecule has 1 heterocycles. The van der Waals surface area contributed by atoms with Gasteiger partial charge in [-0.25, -0.2) is 0 Å². The van der Waals surface area contributed by atoms with Gasteiger partial charge in [0.05, 0.1) is 7.11 Å². The minimum atomic E-state index is -0.309. The molecule has 160 valence electrons. The molecule has 1 N–H and O–H groups in total. The SMILES string of the molecule is COc1cc(O)c(C(=O)CCc2ccccc2)c2c1[C@@H]1C[C@@](C)(CC[C@H]1C(C)C)O2. The largest absolute Gasteiger partial charge is 0.507 e. The number of hydrogen-bond acceptors (Lipinski definition) is 4. The Morgan fingerprint density at radius 1 is 1.30 bits per heavy atom. The molecule has 0 amide bonds. The number of ketones is 1. The summed E-state index contributed by atoms with van der Waals surface area (Å²) in [4.78, 5) is 13.3. The van der Waals surface area contributed by atoms with Crippen molar-refractivity contribution in [1.82, 2.24) is 0 Å². The molecule has 3 atom stereocenters. The van der Waals surface area contributed by atoms with Gasteiger partial charge in [0.25, 0.3) is 0 Å². The summed E-state index contributed by atoms with van der Waals surface area (Å²) in [5.41, 5.74) is 2.09. The van der Waals surface area contributed by atoms with Gasteiger partial charge in [-0.1, -0.05) is 44.2 Å². The van der Waals surface area contributed by atoms with E-state index in [-0.39, 0.29) is 23.1 Å². The van der Waals surface area contributed by atoms with Crippen LogP contribution in [0.2, 0.25) is 0 Å². The lowest BCUT2D eigenvalue weighted by Gasteiger charge is -2.49. The Morgan fingerprint density at radius 3 is 2.70 bits per heavy atom. The van der Waals surface area contributed by atoms with Crippen molar-refractivity contribution in [1.29, 1.82) is 0 Å². The van der Waals surface area contributed by atoms with E-state index in [2.05, 4.69) is 20.8 Å². The zero-order valence-electron chi connectivity index (χ0n) is 18.4. The van der Waals surface area contributed by atoms with Gasteiger partial charge in [-0.2, -0.15) is 0 Å². The summed E-state index contributed by atoms with van der Waals surface area (Å²) >= 11 is 0. The molecule has 30 heavy (non-hydrogen) atoms. The number of aryl methyl sites for hydroxylation is 1. The number of ether oxygens (including phenoxy) is 2. The standard InChI is InChI=1S/C26H32O4/c1-16(2)18-12-13-26(3)15-19(18)23-22(29-4)14-21(28)24(25(23)30-26)20(27)11-10-17-8-6-5-7-9-17/h5-9,14,16,18-19,28H,10-13,15H2,1-4H3/t18-,19+,26+/m0/s1. The van der Waals surface area contributed by atoms with Crippen LogP contribution in [0.1, 0.15) is 73.9 Å². The van der Waals surface area contributed by atoms with Gasteiger partial charge in [0.15, 0.2) is 5.78 Å². The predicted octanol–water partition coefficient (Wildman–Crippen LogP) is 5.91. The minimum absolute atomic E-state index is 0.0478. The number of fused-ring (bicyclic) bond motifs is 4. The van der Waals surface area contributed by atoms with Crippen LogP contribution in [0.3, 0.4) is 0 Å². The molecule has 2 aromatic rings. The number of hydrogen-bond donors (Lipinski definition) is 1. The number of benzene rings is 2. The summed E-state index contributed by atoms with van der Waals surface area (Å²) in [7, 11) is 1.62. The molecule has 2 aliphatic rings. The average molecular weight is 409 g/mol. The first-order valence-corrected chi connectivity index (χ1v) is 11.0. The van der Waals surface area contributed by atoms with Crippen molar-refractivity contribution in [3.05, 3.63) is 53.1 Å². The molecule has 4 nitrogen and oxygen atoms in total. The fraction of sp³-hybridized carbons (Fsp3) is 0.500. The third-order valence-corrected chi connectivity index (χ3v) is 6.99. The van der Waals surface area contributed by atoms with E-state index >= 15 is 0 Å². The summed E-state index contributed by atoms with van der Waals surface area (Å²) in [5.74, 6) is 2.35. The van der Waals surface area contributed by atoms with Crippen molar-refractivity contribution in [3.63, 3.8) is 0 Å². The van der Waals surface area contributed by atoms with E-state index in [1.807, 2.05) is 30.3 Å². The van der Waals surface area contributed by atoms with Crippen molar-refractivity contribution in [3.8, 4) is 17.2 Å². The van der Waals surface area contributed by atoms with Crippen LogP contribution in [0.5, 0.6) is 17.2 Å². The summed E-state index contributed by atoms with van der Waals surface area (Å²) in [6, 6.07) is 11.6. The Bertz CT molecular complexity index is 934. The molecule has 0 radical (unpaired) electrons. The maximum absolute atomic E-state index is 13.3. The fourth-order valence-corrected chi connectivity index (χ4v) is 5.40. The summed E-state index contributed by atoms with van der Waals surface area (Å²) in [6.45, 7) is 6.66. The second kappa shape index (κ2) is 7.98. The van der Waals surface area contributed by atoms with Gasteiger partial charge in [-0.05, 0) is 55.9 Å². The first kappa shape index (κ1) is 20.8. The highest BCUT2D eigenvalue weighted by molar-refractivity contribution is 6.02. The molecule has 1 aliphatic heterocycles. The van der Waals surface area contributed by atoms with Crippen molar-refractivity contribution in [2.75, 3.05) is 7.11 Å². The van der Waals surface area contributed by atoms with Crippen LogP contribution < -0.4 is 9.47 Å². The molecule has 1 fully saturated rings. The molecule has 2 aromatic carbocycles. The van der Waals surface area contributed by atoms with Crippen LogP contribution >= 0.6 is 0 Å². The monoisotopic (exact) mass is 408 g/mol. The number of rotatable bonds is 6. The smallest absolute Gasteiger partial charge is 0.170 e. The van der Waals surface area contributed by atoms with E-state index in [1.54, 1.807) is 13.2 Å². The number of aromatic hydroxyl groups is 1. The Hall–Kier alpha value is -2.49. The molecular formula is C26H32O4. The number of phenolic OH excluding ortho intramolecular Hbond substituents is 1. The summed E-state index contributed by atoms with van der Waals surface area (Å²) < 4.78 is 12.1. The third kappa shape index (κ3) is 3.68. The number of phenols is 1. The number of Topliss-reactive ketones (excluding diaryl/α,β-unsaturated/α-hetero) is 1. The van der Waals surface area contributed by atoms with Gasteiger partial charge >= 0.3 is 0 Å². The van der Waals surface area contributed by atoms with E-state index < -0.39 is 0 Å². The average Bonchev–Trinajstić information content (AvgIpc) is 2.71. The van der Waals surface area contributed by atoms with Crippen LogP contribution in [0.4, 0.5) is 0 Å². The Balaban J connectivity index is 1.76. The molecular weight excluding hydrogens is 376 g/mol. The van der Waals surface area contributed by atoms with Crippen LogP contribution in [0.25, 0.3) is 0 Å². The first-order chi connectivity index (χ1) is 14.3. The first-order valence-electron chi connectivity index (χ1n) is 11.0. The Kier molecular flexibility index (Phi) is 5.52. The van der Waals surface area contributed by atoms with Gasteiger partial charge in [-0.15, -0.1) is 0 Å². The lowest BCUT2D eigenvalue weighted by Crippen LogP contribution is -2.45. The van der Waals surface area contributed by atoms with Crippen LogP contribution in [-0.2, 0) is 6.42 Å². The van der Waals surface area contributed by atoms with E-state index in [1.165, 1.54) is 0 Å². The Morgan fingerprint density at radius 2 is 2.03 bits per heavy atom. The van der Waals surface area contributed by atoms with Crippen LogP contribution in [-0.4, -0.2) is 23.6 Å². The third-order valence-electron chi connectivity index (χ3n) is 6.99. The minimum Gasteiger partial charge on any atom is -0.507 e. The van der Waals surface area contributed by atoms with E-state index in [4.69, 9.17) is 9.47 Å². The van der Waals surface area contributed by atoms with Gasteiger partial charge in [0.1, 0.15) is 28.4 Å². The maximum Gasteiger partial charge on any atom is 0.170 e. The topological polar surface area (TPSA) is 55.8 Å². The van der Waals surface area contributed by atoms with E-state index in [9.17, 15) is 9.90 Å². The van der Waals surface area contributed by atoms with Crippen molar-refractivity contribution < 1.29 is 19.4 Å². The van der Waals surface area contributed by atoms with Crippen molar-refractivity contribution >= 4 is 5.78 Å². The second-order valence-corrected chi connectivity index (χ2v) is 9.43. The predicted molar refractivity (Wildman–Crippen MR) is 118 cm³/mol. The van der Waals surface area contributed by atoms with Gasteiger partial charge < -0.3 is 14.6 Å². The quantitative estimate of drug-likeness (QED) is 0.604. The highest BCUT2D eigenvalue weighted by Gasteiger charge is 2.48.